The normalized spacial score (nSPS) is 16.0. The summed E-state index contributed by atoms with van der Waals surface area (Å²) in [4.78, 5) is 11.8. The van der Waals surface area contributed by atoms with Crippen molar-refractivity contribution >= 4 is 18.0 Å². The van der Waals surface area contributed by atoms with Gasteiger partial charge in [0.15, 0.2) is 0 Å². The molecule has 0 radical (unpaired) electrons. The summed E-state index contributed by atoms with van der Waals surface area (Å²) in [5.74, 6) is 1.09. The van der Waals surface area contributed by atoms with E-state index in [0.717, 1.165) is 50.6 Å². The van der Waals surface area contributed by atoms with Crippen molar-refractivity contribution < 1.29 is 0 Å². The fraction of sp³-hybridized carbons (Fsp3) is 0.381. The summed E-state index contributed by atoms with van der Waals surface area (Å²) in [7, 11) is 4.27. The van der Waals surface area contributed by atoms with Crippen LogP contribution in [-0.4, -0.2) is 68.1 Å². The largest absolute Gasteiger partial charge is 0.354 e. The van der Waals surface area contributed by atoms with Crippen molar-refractivity contribution in [3.63, 3.8) is 0 Å². The average molecular weight is 336 g/mol. The minimum Gasteiger partial charge on any atom is -0.354 e. The Labute approximate surface area is 151 Å². The van der Waals surface area contributed by atoms with Crippen molar-refractivity contribution in [3.05, 3.63) is 59.8 Å². The quantitative estimate of drug-likeness (QED) is 0.809. The molecule has 2 heterocycles. The SMILES string of the molecule is CN(C)CCN1CCN(c2ccc(C=Cc3ccccc3)cn2)CC1. The van der Waals surface area contributed by atoms with Gasteiger partial charge in [-0.1, -0.05) is 42.5 Å². The van der Waals surface area contributed by atoms with Crippen LogP contribution in [0.5, 0.6) is 0 Å². The Bertz CT molecular complexity index is 656. The standard InChI is InChI=1S/C21H28N4/c1-23(2)12-13-24-14-16-25(17-15-24)21-11-10-20(18-22-21)9-8-19-6-4-3-5-7-19/h3-11,18H,12-17H2,1-2H3. The summed E-state index contributed by atoms with van der Waals surface area (Å²) in [5, 5.41) is 0. The Balaban J connectivity index is 1.52. The first kappa shape index (κ1) is 17.6. The maximum Gasteiger partial charge on any atom is 0.128 e. The molecule has 0 atom stereocenters. The zero-order valence-corrected chi connectivity index (χ0v) is 15.3. The molecular formula is C21H28N4. The zero-order chi connectivity index (χ0) is 17.5. The van der Waals surface area contributed by atoms with Crippen molar-refractivity contribution in [1.29, 1.82) is 0 Å². The van der Waals surface area contributed by atoms with Gasteiger partial charge in [-0.2, -0.15) is 0 Å². The second-order valence-electron chi connectivity index (χ2n) is 6.83. The van der Waals surface area contributed by atoms with E-state index in [1.165, 1.54) is 5.56 Å². The van der Waals surface area contributed by atoms with E-state index >= 15 is 0 Å². The number of rotatable bonds is 6. The maximum atomic E-state index is 4.66. The molecule has 1 aliphatic heterocycles. The van der Waals surface area contributed by atoms with Gasteiger partial charge >= 0.3 is 0 Å². The Hall–Kier alpha value is -2.17. The highest BCUT2D eigenvalue weighted by Crippen LogP contribution is 2.15. The van der Waals surface area contributed by atoms with Crippen LogP contribution in [0.25, 0.3) is 12.2 Å². The first-order chi connectivity index (χ1) is 12.2. The summed E-state index contributed by atoms with van der Waals surface area (Å²) in [6.45, 7) is 6.62. The molecule has 0 N–H and O–H groups in total. The molecule has 4 heteroatoms. The number of likely N-dealkylation sites (N-methyl/N-ethyl adjacent to an activating group) is 1. The highest BCUT2D eigenvalue weighted by molar-refractivity contribution is 5.69. The number of piperazine rings is 1. The van der Waals surface area contributed by atoms with Crippen LogP contribution in [0.4, 0.5) is 5.82 Å². The number of nitrogens with zero attached hydrogens (tertiary/aromatic N) is 4. The minimum atomic E-state index is 1.06. The van der Waals surface area contributed by atoms with Gasteiger partial charge in [-0.25, -0.2) is 4.98 Å². The molecule has 1 fully saturated rings. The maximum absolute atomic E-state index is 4.66. The number of pyridine rings is 1. The topological polar surface area (TPSA) is 22.6 Å². The van der Waals surface area contributed by atoms with E-state index in [9.17, 15) is 0 Å². The van der Waals surface area contributed by atoms with Gasteiger partial charge in [-0.05, 0) is 37.4 Å². The summed E-state index contributed by atoms with van der Waals surface area (Å²) in [5.41, 5.74) is 2.35. The molecule has 1 saturated heterocycles. The highest BCUT2D eigenvalue weighted by Gasteiger charge is 2.17. The molecule has 0 aliphatic carbocycles. The molecule has 0 saturated carbocycles. The highest BCUT2D eigenvalue weighted by atomic mass is 15.3. The lowest BCUT2D eigenvalue weighted by Gasteiger charge is -2.35. The second-order valence-corrected chi connectivity index (χ2v) is 6.83. The molecule has 0 spiro atoms. The molecule has 0 unspecified atom stereocenters. The van der Waals surface area contributed by atoms with Crippen LogP contribution in [0.3, 0.4) is 0 Å². The Morgan fingerprint density at radius 3 is 2.28 bits per heavy atom. The molecule has 0 bridgehead atoms. The number of hydrogen-bond donors (Lipinski definition) is 0. The third-order valence-corrected chi connectivity index (χ3v) is 4.60. The van der Waals surface area contributed by atoms with Crippen LogP contribution in [-0.2, 0) is 0 Å². The monoisotopic (exact) mass is 336 g/mol. The molecule has 1 aromatic heterocycles. The van der Waals surface area contributed by atoms with Gasteiger partial charge in [0, 0.05) is 45.5 Å². The Morgan fingerprint density at radius 1 is 0.920 bits per heavy atom. The van der Waals surface area contributed by atoms with Crippen LogP contribution in [0.2, 0.25) is 0 Å². The number of benzene rings is 1. The molecule has 25 heavy (non-hydrogen) atoms. The first-order valence-corrected chi connectivity index (χ1v) is 9.02. The third-order valence-electron chi connectivity index (χ3n) is 4.60. The van der Waals surface area contributed by atoms with Gasteiger partial charge in [0.05, 0.1) is 0 Å². The lowest BCUT2D eigenvalue weighted by atomic mass is 10.1. The van der Waals surface area contributed by atoms with Gasteiger partial charge in [-0.3, -0.25) is 4.90 Å². The van der Waals surface area contributed by atoms with Crippen LogP contribution < -0.4 is 4.90 Å². The number of anilines is 1. The zero-order valence-electron chi connectivity index (χ0n) is 15.3. The Morgan fingerprint density at radius 2 is 1.64 bits per heavy atom. The van der Waals surface area contributed by atoms with E-state index in [1.54, 1.807) is 0 Å². The van der Waals surface area contributed by atoms with E-state index in [-0.39, 0.29) is 0 Å². The van der Waals surface area contributed by atoms with Crippen molar-refractivity contribution in [2.24, 2.45) is 0 Å². The van der Waals surface area contributed by atoms with E-state index in [2.05, 4.69) is 82.3 Å². The minimum absolute atomic E-state index is 1.06. The van der Waals surface area contributed by atoms with E-state index < -0.39 is 0 Å². The van der Waals surface area contributed by atoms with Crippen LogP contribution >= 0.6 is 0 Å². The van der Waals surface area contributed by atoms with E-state index in [1.807, 2.05) is 12.3 Å². The smallest absolute Gasteiger partial charge is 0.128 e. The predicted molar refractivity (Wildman–Crippen MR) is 107 cm³/mol. The fourth-order valence-electron chi connectivity index (χ4n) is 2.98. The van der Waals surface area contributed by atoms with Gasteiger partial charge in [0.2, 0.25) is 0 Å². The van der Waals surface area contributed by atoms with Crippen LogP contribution in [0, 0.1) is 0 Å². The van der Waals surface area contributed by atoms with E-state index in [0.29, 0.717) is 0 Å². The first-order valence-electron chi connectivity index (χ1n) is 9.02. The number of aromatic nitrogens is 1. The molecular weight excluding hydrogens is 308 g/mol. The van der Waals surface area contributed by atoms with Gasteiger partial charge < -0.3 is 9.80 Å². The van der Waals surface area contributed by atoms with Gasteiger partial charge in [0.1, 0.15) is 5.82 Å². The fourth-order valence-corrected chi connectivity index (χ4v) is 2.98. The lowest BCUT2D eigenvalue weighted by molar-refractivity contribution is 0.229. The summed E-state index contributed by atoms with van der Waals surface area (Å²) in [6.07, 6.45) is 6.21. The van der Waals surface area contributed by atoms with E-state index in [4.69, 9.17) is 0 Å². The molecule has 2 aromatic rings. The van der Waals surface area contributed by atoms with Crippen molar-refractivity contribution in [3.8, 4) is 0 Å². The van der Waals surface area contributed by atoms with Crippen molar-refractivity contribution in [1.82, 2.24) is 14.8 Å². The number of hydrogen-bond acceptors (Lipinski definition) is 4. The van der Waals surface area contributed by atoms with Gasteiger partial charge in [0.25, 0.3) is 0 Å². The summed E-state index contributed by atoms with van der Waals surface area (Å²) in [6, 6.07) is 14.6. The second kappa shape index (κ2) is 8.79. The van der Waals surface area contributed by atoms with Crippen LogP contribution in [0.15, 0.2) is 48.7 Å². The van der Waals surface area contributed by atoms with Crippen molar-refractivity contribution in [2.75, 3.05) is 58.3 Å². The molecule has 4 nitrogen and oxygen atoms in total. The van der Waals surface area contributed by atoms with Crippen molar-refractivity contribution in [2.45, 2.75) is 0 Å². The predicted octanol–water partition coefficient (Wildman–Crippen LogP) is 2.94. The Kier molecular flexibility index (Phi) is 6.20. The molecule has 0 amide bonds. The summed E-state index contributed by atoms with van der Waals surface area (Å²) >= 11 is 0. The summed E-state index contributed by atoms with van der Waals surface area (Å²) < 4.78 is 0. The molecule has 3 rings (SSSR count). The molecule has 1 aliphatic rings. The molecule has 1 aromatic carbocycles. The lowest BCUT2D eigenvalue weighted by Crippen LogP contribution is -2.48. The van der Waals surface area contributed by atoms with Gasteiger partial charge in [-0.15, -0.1) is 0 Å². The van der Waals surface area contributed by atoms with Crippen LogP contribution in [0.1, 0.15) is 11.1 Å². The average Bonchev–Trinajstić information content (AvgIpc) is 2.66. The molecule has 132 valence electrons. The third kappa shape index (κ3) is 5.41.